The number of pyridine rings is 1. The summed E-state index contributed by atoms with van der Waals surface area (Å²) in [5.74, 6) is -9.96. The first-order valence-corrected chi connectivity index (χ1v) is 36.3. The lowest BCUT2D eigenvalue weighted by Gasteiger charge is -2.28. The lowest BCUT2D eigenvalue weighted by Crippen LogP contribution is -2.61. The number of nitrogens with two attached hydrogens (primary N) is 4. The monoisotopic (exact) mass is 1500 g/mol. The van der Waals surface area contributed by atoms with Crippen molar-refractivity contribution < 1.29 is 67.7 Å². The summed E-state index contributed by atoms with van der Waals surface area (Å²) in [6, 6.07) is 11.9. The first-order chi connectivity index (χ1) is 51.2. The predicted octanol–water partition coefficient (Wildman–Crippen LogP) is -2.68. The highest BCUT2D eigenvalue weighted by Crippen LogP contribution is 2.34. The molecule has 3 aromatic carbocycles. The summed E-state index contributed by atoms with van der Waals surface area (Å²) in [5.41, 5.74) is 26.2. The standard InChI is InChI=1S/C72H102N20O14S/c1-41(2)38-55-68(102)83-50(23-29-73)63(97)82-53(26-32-76)67(101)89-60(42(3)93)70(104)80-34-27-54(66(100)81-51(24-30-74)65(99)87-56(69(103)86-55)39-44-14-8-7-9-15-44)84-64(98)52(25-31-75)85-71(105)61(43(4)94)88-59(95)28-36-91(37-35-77-5)72(106)92-57-40-46(107-58-18-11-10-17-48(58)62(96)78-6)20-21-47(57)49(90-92)22-19-45-16-12-13-33-79-45/h7-22,33,40-43,50-56,60-61,77,93-94H,23-32,34-39,73-76H2,1-6H3,(H,78,96)(H,80,104)(H,81,100)(H,82,97)(H,83,102)(H,84,98)(H,85,105)(H,86,103)(H,87,99)(H,88,95)(H,89,101)/b22-19+/t42-,43-,50-,51-,52-,53-,54+,55-,56-,60-,61+/m1/s1. The third-order valence-electron chi connectivity index (χ3n) is 17.2. The van der Waals surface area contributed by atoms with Crippen molar-refractivity contribution in [3.8, 4) is 0 Å². The Balaban J connectivity index is 1.27. The number of nitrogens with one attached hydrogen (secondary N) is 12. The molecule has 107 heavy (non-hydrogen) atoms. The van der Waals surface area contributed by atoms with Gasteiger partial charge in [-0.05, 0) is 152 Å². The molecule has 0 aliphatic carbocycles. The SMILES string of the molecule is CNCCN(CCC(=O)N[C@H](C(=O)N[C@H](CCN)C(=O)N[C@H]1CCNC(=O)[C@@H]([C@@H](C)O)NC(=O)[C@@H](CCN)NC(=O)[C@@H](CCN)NC(=O)[C@@H](CC(C)C)NC(=O)[C@@H](Cc2ccccc2)NC(=O)[C@@H](CCN)NC1=O)[C@@H](C)O)C(=O)n1nc(/C=C/c2ccccn2)c2ccc(Sc3ccccc3C(=O)NC)cc21. The van der Waals surface area contributed by atoms with Crippen LogP contribution in [0.2, 0.25) is 0 Å². The molecule has 1 saturated heterocycles. The van der Waals surface area contributed by atoms with E-state index in [1.54, 1.807) is 118 Å². The number of nitrogens with zero attached hydrogens (tertiary/aromatic N) is 4. The van der Waals surface area contributed by atoms with Gasteiger partial charge in [0.2, 0.25) is 59.1 Å². The van der Waals surface area contributed by atoms with Crippen LogP contribution in [0.15, 0.2) is 107 Å². The van der Waals surface area contributed by atoms with Gasteiger partial charge in [0.25, 0.3) is 5.91 Å². The second-order valence-electron chi connectivity index (χ2n) is 26.0. The zero-order valence-corrected chi connectivity index (χ0v) is 61.8. The molecular weight excluding hydrogens is 1400 g/mol. The maximum absolute atomic E-state index is 14.9. The molecule has 6 rings (SSSR count). The number of aromatic nitrogens is 3. The van der Waals surface area contributed by atoms with E-state index in [0.29, 0.717) is 43.2 Å². The molecule has 0 bridgehead atoms. The molecule has 35 heteroatoms. The quantitative estimate of drug-likeness (QED) is 0.0223. The number of likely N-dealkylation sites (N-methyl/N-ethyl adjacent to an activating group) is 1. The maximum Gasteiger partial charge on any atom is 0.345 e. The molecule has 5 aromatic rings. The van der Waals surface area contributed by atoms with Gasteiger partial charge in [-0.3, -0.25) is 57.7 Å². The van der Waals surface area contributed by atoms with Gasteiger partial charge in [0.05, 0.1) is 34.7 Å². The van der Waals surface area contributed by atoms with E-state index in [4.69, 9.17) is 28.0 Å². The van der Waals surface area contributed by atoms with Gasteiger partial charge in [0.1, 0.15) is 54.4 Å². The number of carbonyl (C=O) groups excluding carboxylic acids is 12. The van der Waals surface area contributed by atoms with Crippen LogP contribution < -0.4 is 86.7 Å². The molecule has 0 saturated carbocycles. The molecule has 580 valence electrons. The summed E-state index contributed by atoms with van der Waals surface area (Å²) in [4.78, 5) is 178. The Morgan fingerprint density at radius 3 is 1.86 bits per heavy atom. The molecule has 34 nitrogen and oxygen atoms in total. The van der Waals surface area contributed by atoms with Gasteiger partial charge in [-0.15, -0.1) is 0 Å². The minimum Gasteiger partial charge on any atom is -0.391 e. The average Bonchev–Trinajstić information content (AvgIpc) is 1.63. The first kappa shape index (κ1) is 85.7. The lowest BCUT2D eigenvalue weighted by molar-refractivity contribution is -0.136. The molecule has 12 amide bonds. The average molecular weight is 1500 g/mol. The molecular formula is C72H102N20O14S. The van der Waals surface area contributed by atoms with Crippen molar-refractivity contribution in [2.45, 2.75) is 155 Å². The Labute approximate surface area is 624 Å². The number of fused-ring (bicyclic) bond motifs is 1. The molecule has 0 spiro atoms. The summed E-state index contributed by atoms with van der Waals surface area (Å²) in [6.45, 7) is 4.79. The molecule has 1 fully saturated rings. The number of aliphatic hydroxyl groups excluding tert-OH is 2. The van der Waals surface area contributed by atoms with Crippen molar-refractivity contribution in [3.05, 3.63) is 120 Å². The van der Waals surface area contributed by atoms with E-state index in [-0.39, 0.29) is 96.2 Å². The Hall–Kier alpha value is -10.3. The molecule has 22 N–H and O–H groups in total. The number of benzene rings is 3. The van der Waals surface area contributed by atoms with E-state index >= 15 is 0 Å². The Kier molecular flexibility index (Phi) is 34.7. The normalized spacial score (nSPS) is 20.0. The van der Waals surface area contributed by atoms with Crippen LogP contribution in [0.4, 0.5) is 4.79 Å². The molecule has 1 aliphatic heterocycles. The highest BCUT2D eigenvalue weighted by molar-refractivity contribution is 7.99. The third kappa shape index (κ3) is 26.0. The van der Waals surface area contributed by atoms with E-state index in [0.717, 1.165) is 0 Å². The molecule has 3 heterocycles. The molecule has 0 radical (unpaired) electrons. The van der Waals surface area contributed by atoms with E-state index in [9.17, 15) is 67.7 Å². The zero-order chi connectivity index (χ0) is 78.3. The van der Waals surface area contributed by atoms with Crippen LogP contribution in [-0.4, -0.2) is 234 Å². The van der Waals surface area contributed by atoms with Gasteiger partial charge < -0.3 is 102 Å². The molecule has 2 aromatic heterocycles. The molecule has 11 atom stereocenters. The van der Waals surface area contributed by atoms with E-state index in [2.05, 4.69) is 68.8 Å². The predicted molar refractivity (Wildman–Crippen MR) is 400 cm³/mol. The smallest absolute Gasteiger partial charge is 0.345 e. The van der Waals surface area contributed by atoms with Gasteiger partial charge in [0, 0.05) is 67.4 Å². The highest BCUT2D eigenvalue weighted by Gasteiger charge is 2.38. The van der Waals surface area contributed by atoms with Gasteiger partial charge in [-0.2, -0.15) is 9.78 Å². The number of hydrogen-bond acceptors (Lipinski definition) is 22. The van der Waals surface area contributed by atoms with Crippen LogP contribution >= 0.6 is 11.8 Å². The third-order valence-corrected chi connectivity index (χ3v) is 18.2. The van der Waals surface area contributed by atoms with Crippen molar-refractivity contribution in [2.24, 2.45) is 28.9 Å². The Morgan fingerprint density at radius 2 is 1.26 bits per heavy atom. The highest BCUT2D eigenvalue weighted by atomic mass is 32.2. The fraction of sp³-hybridized carbons (Fsp3) is 0.472. The molecule has 1 aliphatic rings. The fourth-order valence-electron chi connectivity index (χ4n) is 11.4. The summed E-state index contributed by atoms with van der Waals surface area (Å²) in [7, 11) is 3.21. The van der Waals surface area contributed by atoms with Crippen molar-refractivity contribution >= 4 is 106 Å². The van der Waals surface area contributed by atoms with Gasteiger partial charge >= 0.3 is 6.03 Å². The summed E-state index contributed by atoms with van der Waals surface area (Å²) >= 11 is 1.30. The van der Waals surface area contributed by atoms with Crippen LogP contribution in [-0.2, 0) is 54.4 Å². The minimum atomic E-state index is -1.74. The van der Waals surface area contributed by atoms with Crippen molar-refractivity contribution in [3.63, 3.8) is 0 Å². The van der Waals surface area contributed by atoms with Crippen LogP contribution in [0.5, 0.6) is 0 Å². The summed E-state index contributed by atoms with van der Waals surface area (Å²) in [6.07, 6.45) is -0.0531. The fourth-order valence-corrected chi connectivity index (χ4v) is 12.4. The number of amides is 12. The largest absolute Gasteiger partial charge is 0.391 e. The second kappa shape index (κ2) is 43.4. The van der Waals surface area contributed by atoms with Crippen molar-refractivity contribution in [1.82, 2.24) is 83.5 Å². The zero-order valence-electron chi connectivity index (χ0n) is 60.9. The van der Waals surface area contributed by atoms with Gasteiger partial charge in [-0.1, -0.05) is 74.1 Å². The van der Waals surface area contributed by atoms with Gasteiger partial charge in [-0.25, -0.2) is 4.79 Å². The minimum absolute atomic E-state index is 0.0288. The van der Waals surface area contributed by atoms with Gasteiger partial charge in [0.15, 0.2) is 0 Å². The van der Waals surface area contributed by atoms with Crippen molar-refractivity contribution in [2.75, 3.05) is 66.5 Å². The number of hydrogen-bond donors (Lipinski definition) is 18. The van der Waals surface area contributed by atoms with Crippen LogP contribution in [0, 0.1) is 5.92 Å². The summed E-state index contributed by atoms with van der Waals surface area (Å²) in [5, 5.41) is 58.7. The Morgan fingerprint density at radius 1 is 0.664 bits per heavy atom. The maximum atomic E-state index is 14.9. The van der Waals surface area contributed by atoms with Crippen LogP contribution in [0.3, 0.4) is 0 Å². The van der Waals surface area contributed by atoms with Crippen molar-refractivity contribution in [1.29, 1.82) is 0 Å². The molecule has 0 unspecified atom stereocenters. The number of rotatable bonds is 30. The number of aliphatic hydroxyl groups is 2. The van der Waals surface area contributed by atoms with E-state index < -0.39 is 151 Å². The van der Waals surface area contributed by atoms with Crippen LogP contribution in [0.25, 0.3) is 23.1 Å². The summed E-state index contributed by atoms with van der Waals surface area (Å²) < 4.78 is 1.21. The topological polar surface area (TPSA) is 528 Å². The van der Waals surface area contributed by atoms with Crippen LogP contribution in [0.1, 0.15) is 99.9 Å². The lowest BCUT2D eigenvalue weighted by atomic mass is 10.00. The van der Waals surface area contributed by atoms with E-state index in [1.165, 1.54) is 42.2 Å². The second-order valence-corrected chi connectivity index (χ2v) is 27.1. The first-order valence-electron chi connectivity index (χ1n) is 35.5. The Bertz CT molecular complexity index is 3880. The number of carbonyl (C=O) groups is 12. The van der Waals surface area contributed by atoms with E-state index in [1.807, 2.05) is 12.1 Å².